The molecule has 0 saturated heterocycles. The van der Waals surface area contributed by atoms with Crippen LogP contribution in [0.3, 0.4) is 0 Å². The van der Waals surface area contributed by atoms with E-state index in [4.69, 9.17) is 0 Å². The fourth-order valence-corrected chi connectivity index (χ4v) is 6.86. The van der Waals surface area contributed by atoms with Crippen LogP contribution in [0.1, 0.15) is 85.5 Å². The molecule has 0 heterocycles. The zero-order valence-corrected chi connectivity index (χ0v) is 20.3. The van der Waals surface area contributed by atoms with Crippen molar-refractivity contribution in [1.29, 1.82) is 0 Å². The van der Waals surface area contributed by atoms with Crippen molar-refractivity contribution in [2.45, 2.75) is 115 Å². The van der Waals surface area contributed by atoms with Gasteiger partial charge < -0.3 is 25.5 Å². The maximum Gasteiger partial charge on any atom is 0.0990 e. The highest BCUT2D eigenvalue weighted by atomic mass is 16.4. The van der Waals surface area contributed by atoms with Crippen molar-refractivity contribution in [3.63, 3.8) is 0 Å². The van der Waals surface area contributed by atoms with Gasteiger partial charge in [0.15, 0.2) is 0 Å². The number of fused-ring (bicyclic) bond motifs is 1. The minimum atomic E-state index is -1.38. The zero-order valence-electron chi connectivity index (χ0n) is 20.3. The molecular weight excluding hydrogens is 404 g/mol. The van der Waals surface area contributed by atoms with E-state index in [1.165, 1.54) is 5.57 Å². The van der Waals surface area contributed by atoms with Crippen LogP contribution < -0.4 is 0 Å². The normalized spacial score (nSPS) is 41.2. The summed E-state index contributed by atoms with van der Waals surface area (Å²) >= 11 is 0. The van der Waals surface area contributed by atoms with Gasteiger partial charge in [0, 0.05) is 18.3 Å². The lowest BCUT2D eigenvalue weighted by Gasteiger charge is -2.53. The van der Waals surface area contributed by atoms with Crippen LogP contribution in [0.2, 0.25) is 0 Å². The Labute approximate surface area is 193 Å². The van der Waals surface area contributed by atoms with Crippen LogP contribution in [-0.2, 0) is 0 Å². The van der Waals surface area contributed by atoms with Crippen molar-refractivity contribution >= 4 is 0 Å². The third-order valence-corrected chi connectivity index (χ3v) is 8.65. The SMILES string of the molecule is C=C1/C(=C\C=C2/CCC[C@@]3(C)[C@H]2CC[C@]3(O)[C@@](C)(O)CC(O)CC(C)C)C[C@H](O)C[C@H]1O. The van der Waals surface area contributed by atoms with Gasteiger partial charge >= 0.3 is 0 Å². The van der Waals surface area contributed by atoms with Crippen molar-refractivity contribution in [1.82, 2.24) is 0 Å². The summed E-state index contributed by atoms with van der Waals surface area (Å²) in [6, 6.07) is 0. The van der Waals surface area contributed by atoms with E-state index in [9.17, 15) is 25.5 Å². The Kier molecular flexibility index (Phi) is 7.49. The predicted octanol–water partition coefficient (Wildman–Crippen LogP) is 3.79. The molecule has 0 bridgehead atoms. The summed E-state index contributed by atoms with van der Waals surface area (Å²) < 4.78 is 0. The van der Waals surface area contributed by atoms with E-state index in [2.05, 4.69) is 19.6 Å². The van der Waals surface area contributed by atoms with Gasteiger partial charge in [0.2, 0.25) is 0 Å². The van der Waals surface area contributed by atoms with Crippen LogP contribution in [0.4, 0.5) is 0 Å². The van der Waals surface area contributed by atoms with Gasteiger partial charge in [-0.15, -0.1) is 0 Å². The summed E-state index contributed by atoms with van der Waals surface area (Å²) in [6.07, 6.45) is 7.79. The molecule has 182 valence electrons. The quantitative estimate of drug-likeness (QED) is 0.426. The molecule has 0 aromatic rings. The van der Waals surface area contributed by atoms with Crippen molar-refractivity contribution in [3.8, 4) is 0 Å². The lowest BCUT2D eigenvalue weighted by atomic mass is 9.57. The van der Waals surface area contributed by atoms with Gasteiger partial charge in [0.1, 0.15) is 0 Å². The average molecular weight is 449 g/mol. The number of allylic oxidation sites excluding steroid dienone is 3. The van der Waals surface area contributed by atoms with E-state index in [0.717, 1.165) is 31.3 Å². The van der Waals surface area contributed by atoms with Gasteiger partial charge in [-0.25, -0.2) is 0 Å². The molecule has 0 aromatic heterocycles. The van der Waals surface area contributed by atoms with Gasteiger partial charge in [0.05, 0.1) is 29.5 Å². The molecule has 1 unspecified atom stereocenters. The molecule has 3 rings (SSSR count). The Bertz CT molecular complexity index is 766. The molecule has 5 nitrogen and oxygen atoms in total. The fourth-order valence-electron chi connectivity index (χ4n) is 6.86. The third-order valence-electron chi connectivity index (χ3n) is 8.65. The average Bonchev–Trinajstić information content (AvgIpc) is 2.95. The van der Waals surface area contributed by atoms with Crippen LogP contribution in [0.5, 0.6) is 0 Å². The lowest BCUT2D eigenvalue weighted by Crippen LogP contribution is -2.62. The zero-order chi connectivity index (χ0) is 23.9. The summed E-state index contributed by atoms with van der Waals surface area (Å²) in [7, 11) is 0. The molecule has 0 spiro atoms. The van der Waals surface area contributed by atoms with Crippen molar-refractivity contribution in [2.75, 3.05) is 0 Å². The summed E-state index contributed by atoms with van der Waals surface area (Å²) in [6.45, 7) is 11.9. The highest BCUT2D eigenvalue weighted by molar-refractivity contribution is 5.39. The lowest BCUT2D eigenvalue weighted by molar-refractivity contribution is -0.211. The molecule has 5 heteroatoms. The second kappa shape index (κ2) is 9.34. The number of hydrogen-bond donors (Lipinski definition) is 5. The van der Waals surface area contributed by atoms with Crippen LogP contribution in [0, 0.1) is 17.3 Å². The highest BCUT2D eigenvalue weighted by Gasteiger charge is 2.65. The summed E-state index contributed by atoms with van der Waals surface area (Å²) in [5.74, 6) is 0.477. The molecule has 0 radical (unpaired) electrons. The Morgan fingerprint density at radius 2 is 1.91 bits per heavy atom. The van der Waals surface area contributed by atoms with Gasteiger partial charge in [-0.1, -0.05) is 45.1 Å². The van der Waals surface area contributed by atoms with Crippen LogP contribution in [0.25, 0.3) is 0 Å². The van der Waals surface area contributed by atoms with E-state index < -0.39 is 34.9 Å². The van der Waals surface area contributed by atoms with Gasteiger partial charge in [0.25, 0.3) is 0 Å². The molecule has 3 saturated carbocycles. The Balaban J connectivity index is 1.85. The first kappa shape index (κ1) is 25.6. The first-order chi connectivity index (χ1) is 14.8. The molecule has 32 heavy (non-hydrogen) atoms. The maximum absolute atomic E-state index is 11.9. The summed E-state index contributed by atoms with van der Waals surface area (Å²) in [5.41, 5.74) is -0.306. The molecule has 0 amide bonds. The number of aliphatic hydroxyl groups is 5. The monoisotopic (exact) mass is 448 g/mol. The molecule has 0 aromatic carbocycles. The first-order valence-corrected chi connectivity index (χ1v) is 12.4. The molecule has 5 N–H and O–H groups in total. The molecule has 7 atom stereocenters. The van der Waals surface area contributed by atoms with Crippen molar-refractivity contribution < 1.29 is 25.5 Å². The number of rotatable bonds is 6. The van der Waals surface area contributed by atoms with Crippen LogP contribution >= 0.6 is 0 Å². The third kappa shape index (κ3) is 4.65. The number of hydrogen-bond acceptors (Lipinski definition) is 5. The largest absolute Gasteiger partial charge is 0.393 e. The van der Waals surface area contributed by atoms with E-state index in [1.54, 1.807) is 6.92 Å². The minimum absolute atomic E-state index is 0.151. The summed E-state index contributed by atoms with van der Waals surface area (Å²) in [4.78, 5) is 0. The standard InChI is InChI=1S/C27H44O5/c1-17(2)13-22(29)16-26(5,31)27(32)12-10-23-19(7-6-11-25(23,27)4)8-9-20-14-21(28)15-24(30)18(20)3/h8-9,17,21-24,28-32H,3,6-7,10-16H2,1-2,4-5H3/b19-8+,20-9-/t21-,22?,23-,24+,25-,26-,27+/m0/s1. The fraction of sp³-hybridized carbons (Fsp3) is 0.778. The van der Waals surface area contributed by atoms with Crippen molar-refractivity contribution in [2.24, 2.45) is 17.3 Å². The summed E-state index contributed by atoms with van der Waals surface area (Å²) in [5, 5.41) is 54.1. The maximum atomic E-state index is 11.9. The van der Waals surface area contributed by atoms with Gasteiger partial charge in [-0.2, -0.15) is 0 Å². The Morgan fingerprint density at radius 1 is 1.22 bits per heavy atom. The molecular formula is C27H44O5. The smallest absolute Gasteiger partial charge is 0.0990 e. The predicted molar refractivity (Wildman–Crippen MR) is 127 cm³/mol. The van der Waals surface area contributed by atoms with E-state index >= 15 is 0 Å². The van der Waals surface area contributed by atoms with Crippen LogP contribution in [0.15, 0.2) is 35.5 Å². The van der Waals surface area contributed by atoms with Gasteiger partial charge in [-0.3, -0.25) is 0 Å². The van der Waals surface area contributed by atoms with E-state index in [-0.39, 0.29) is 12.3 Å². The van der Waals surface area contributed by atoms with Crippen molar-refractivity contribution in [3.05, 3.63) is 35.5 Å². The topological polar surface area (TPSA) is 101 Å². The van der Waals surface area contributed by atoms with E-state index in [0.29, 0.717) is 37.2 Å². The highest BCUT2D eigenvalue weighted by Crippen LogP contribution is 2.63. The molecule has 3 fully saturated rings. The second-order valence-corrected chi connectivity index (χ2v) is 11.6. The second-order valence-electron chi connectivity index (χ2n) is 11.6. The van der Waals surface area contributed by atoms with Gasteiger partial charge in [-0.05, 0) is 74.9 Å². The Hall–Kier alpha value is -0.980. The Morgan fingerprint density at radius 3 is 2.56 bits per heavy atom. The molecule has 3 aliphatic carbocycles. The molecule has 3 aliphatic rings. The minimum Gasteiger partial charge on any atom is -0.393 e. The molecule has 0 aliphatic heterocycles. The van der Waals surface area contributed by atoms with E-state index in [1.807, 2.05) is 19.9 Å². The first-order valence-electron chi connectivity index (χ1n) is 12.4. The van der Waals surface area contributed by atoms with Crippen LogP contribution in [-0.4, -0.2) is 55.0 Å². The number of aliphatic hydroxyl groups excluding tert-OH is 3.